The van der Waals surface area contributed by atoms with Crippen LogP contribution in [-0.2, 0) is 10.0 Å². The Morgan fingerprint density at radius 1 is 1.00 bits per heavy atom. The minimum absolute atomic E-state index is 0.0401. The van der Waals surface area contributed by atoms with Crippen molar-refractivity contribution in [2.75, 3.05) is 19.4 Å². The van der Waals surface area contributed by atoms with Crippen LogP contribution in [-0.4, -0.2) is 49.3 Å². The number of aromatic nitrogens is 2. The number of hydrogen-bond acceptors (Lipinski definition) is 6. The molecule has 0 aliphatic heterocycles. The summed E-state index contributed by atoms with van der Waals surface area (Å²) in [6, 6.07) is 2.56. The van der Waals surface area contributed by atoms with E-state index in [0.29, 0.717) is 10.7 Å². The highest BCUT2D eigenvalue weighted by molar-refractivity contribution is 7.90. The van der Waals surface area contributed by atoms with Crippen LogP contribution in [0.1, 0.15) is 61.3 Å². The third-order valence-electron chi connectivity index (χ3n) is 4.41. The minimum Gasteiger partial charge on any atom is -0.342 e. The Morgan fingerprint density at radius 3 is 1.90 bits per heavy atom. The molecule has 1 heterocycles. The summed E-state index contributed by atoms with van der Waals surface area (Å²) in [5, 5.41) is 3.19. The summed E-state index contributed by atoms with van der Waals surface area (Å²) in [5.74, 6) is -0.547. The average Bonchev–Trinajstić information content (AvgIpc) is 2.67. The number of carbonyl (C=O) groups excluding carboxylic acids is 2. The monoisotopic (exact) mass is 467 g/mol. The lowest BCUT2D eigenvalue weighted by Crippen LogP contribution is -2.35. The zero-order valence-electron chi connectivity index (χ0n) is 18.2. The molecule has 11 heteroatoms. The van der Waals surface area contributed by atoms with Crippen LogP contribution in [0, 0.1) is 0 Å². The first kappa shape index (κ1) is 24.5. The van der Waals surface area contributed by atoms with Gasteiger partial charge < -0.3 is 10.2 Å². The van der Waals surface area contributed by atoms with Gasteiger partial charge in [0.1, 0.15) is 4.90 Å². The van der Waals surface area contributed by atoms with E-state index < -0.39 is 22.0 Å². The van der Waals surface area contributed by atoms with Gasteiger partial charge in [-0.2, -0.15) is 0 Å². The number of rotatable bonds is 6. The second kappa shape index (κ2) is 9.61. The molecule has 2 aromatic rings. The number of anilines is 1. The molecule has 0 unspecified atom stereocenters. The molecule has 0 saturated heterocycles. The number of amides is 3. The lowest BCUT2D eigenvalue weighted by Gasteiger charge is -2.21. The Hall–Kier alpha value is -2.72. The standard InChI is InChI=1S/C20H26ClN5O4S/c1-11(2)15-7-13(21)8-16(12(3)4)17(15)24-20(28)25-31(29,30)14-9-22-18(23-10-14)19(27)26(5)6/h7-12H,1-6H3,(H2,24,25,28). The van der Waals surface area contributed by atoms with Crippen LogP contribution in [0.5, 0.6) is 0 Å². The molecule has 0 atom stereocenters. The molecule has 168 valence electrons. The summed E-state index contributed by atoms with van der Waals surface area (Å²) in [7, 11) is -1.21. The molecule has 0 spiro atoms. The molecular formula is C20H26ClN5O4S. The molecule has 3 amide bonds. The first-order valence-corrected chi connectivity index (χ1v) is 11.4. The van der Waals surface area contributed by atoms with Crippen molar-refractivity contribution in [3.63, 3.8) is 0 Å². The molecule has 31 heavy (non-hydrogen) atoms. The van der Waals surface area contributed by atoms with Crippen LogP contribution in [0.4, 0.5) is 10.5 Å². The Kier molecular flexibility index (Phi) is 7.61. The van der Waals surface area contributed by atoms with Gasteiger partial charge in [0.15, 0.2) is 0 Å². The van der Waals surface area contributed by atoms with Crippen LogP contribution in [0.2, 0.25) is 5.02 Å². The number of halogens is 1. The first-order valence-electron chi connectivity index (χ1n) is 9.54. The highest BCUT2D eigenvalue weighted by Crippen LogP contribution is 2.35. The summed E-state index contributed by atoms with van der Waals surface area (Å²) in [6.07, 6.45) is 1.95. The minimum atomic E-state index is -4.25. The van der Waals surface area contributed by atoms with E-state index in [2.05, 4.69) is 15.3 Å². The number of nitrogens with one attached hydrogen (secondary N) is 2. The second-order valence-electron chi connectivity index (χ2n) is 7.77. The van der Waals surface area contributed by atoms with Crippen LogP contribution >= 0.6 is 11.6 Å². The normalized spacial score (nSPS) is 11.5. The van der Waals surface area contributed by atoms with E-state index in [4.69, 9.17) is 11.6 Å². The molecule has 1 aromatic heterocycles. The SMILES string of the molecule is CC(C)c1cc(Cl)cc(C(C)C)c1NC(=O)NS(=O)(=O)c1cnc(C(=O)N(C)C)nc1. The lowest BCUT2D eigenvalue weighted by molar-refractivity contribution is 0.0815. The van der Waals surface area contributed by atoms with Gasteiger partial charge in [0, 0.05) is 24.8 Å². The maximum absolute atomic E-state index is 12.6. The largest absolute Gasteiger partial charge is 0.342 e. The van der Waals surface area contributed by atoms with Gasteiger partial charge in [0.05, 0.1) is 12.4 Å². The van der Waals surface area contributed by atoms with Gasteiger partial charge in [0.2, 0.25) is 5.82 Å². The fraction of sp³-hybridized carbons (Fsp3) is 0.400. The number of benzene rings is 1. The van der Waals surface area contributed by atoms with Crippen LogP contribution < -0.4 is 10.0 Å². The number of hydrogen-bond donors (Lipinski definition) is 2. The summed E-state index contributed by atoms with van der Waals surface area (Å²) in [5.41, 5.74) is 2.10. The molecule has 2 N–H and O–H groups in total. The lowest BCUT2D eigenvalue weighted by atomic mass is 9.92. The molecule has 0 saturated carbocycles. The number of urea groups is 1. The first-order chi connectivity index (χ1) is 14.3. The molecular weight excluding hydrogens is 442 g/mol. The average molecular weight is 468 g/mol. The molecule has 0 radical (unpaired) electrons. The Labute approximate surface area is 187 Å². The predicted octanol–water partition coefficient (Wildman–Crippen LogP) is 3.59. The van der Waals surface area contributed by atoms with Crippen molar-refractivity contribution in [1.29, 1.82) is 0 Å². The maximum atomic E-state index is 12.6. The van der Waals surface area contributed by atoms with E-state index in [1.165, 1.54) is 19.0 Å². The maximum Gasteiger partial charge on any atom is 0.333 e. The van der Waals surface area contributed by atoms with Crippen molar-refractivity contribution < 1.29 is 18.0 Å². The summed E-state index contributed by atoms with van der Waals surface area (Å²) >= 11 is 6.22. The van der Waals surface area contributed by atoms with Crippen LogP contribution in [0.15, 0.2) is 29.4 Å². The highest BCUT2D eigenvalue weighted by atomic mass is 35.5. The molecule has 9 nitrogen and oxygen atoms in total. The van der Waals surface area contributed by atoms with Gasteiger partial charge >= 0.3 is 6.03 Å². The summed E-state index contributed by atoms with van der Waals surface area (Å²) < 4.78 is 27.1. The Morgan fingerprint density at radius 2 is 1.48 bits per heavy atom. The smallest absolute Gasteiger partial charge is 0.333 e. The molecule has 0 aliphatic carbocycles. The van der Waals surface area contributed by atoms with E-state index in [0.717, 1.165) is 23.5 Å². The van der Waals surface area contributed by atoms with Crippen molar-refractivity contribution >= 4 is 39.2 Å². The zero-order valence-corrected chi connectivity index (χ0v) is 19.8. The van der Waals surface area contributed by atoms with Crippen molar-refractivity contribution in [1.82, 2.24) is 19.6 Å². The Balaban J connectivity index is 2.29. The number of nitrogens with zero attached hydrogens (tertiary/aromatic N) is 3. The van der Waals surface area contributed by atoms with E-state index in [1.54, 1.807) is 12.1 Å². The van der Waals surface area contributed by atoms with E-state index in [1.807, 2.05) is 32.4 Å². The topological polar surface area (TPSA) is 121 Å². The van der Waals surface area contributed by atoms with Gasteiger partial charge in [-0.15, -0.1) is 0 Å². The summed E-state index contributed by atoms with van der Waals surface area (Å²) in [6.45, 7) is 7.79. The van der Waals surface area contributed by atoms with Gasteiger partial charge in [-0.1, -0.05) is 39.3 Å². The quantitative estimate of drug-likeness (QED) is 0.669. The number of carbonyl (C=O) groups is 2. The van der Waals surface area contributed by atoms with Gasteiger partial charge in [-0.25, -0.2) is 27.9 Å². The van der Waals surface area contributed by atoms with Gasteiger partial charge in [-0.3, -0.25) is 4.79 Å². The van der Waals surface area contributed by atoms with Crippen LogP contribution in [0.3, 0.4) is 0 Å². The molecule has 0 fully saturated rings. The number of sulfonamides is 1. The molecule has 1 aromatic carbocycles. The fourth-order valence-electron chi connectivity index (χ4n) is 2.79. The third-order valence-corrected chi connectivity index (χ3v) is 5.91. The summed E-state index contributed by atoms with van der Waals surface area (Å²) in [4.78, 5) is 32.9. The fourth-order valence-corrected chi connectivity index (χ4v) is 3.82. The third kappa shape index (κ3) is 5.92. The van der Waals surface area contributed by atoms with E-state index >= 15 is 0 Å². The molecule has 0 aliphatic rings. The zero-order chi connectivity index (χ0) is 23.5. The van der Waals surface area contributed by atoms with Crippen molar-refractivity contribution in [3.05, 3.63) is 46.5 Å². The van der Waals surface area contributed by atoms with E-state index in [-0.39, 0.29) is 22.6 Å². The van der Waals surface area contributed by atoms with Crippen molar-refractivity contribution in [2.45, 2.75) is 44.4 Å². The molecule has 2 rings (SSSR count). The van der Waals surface area contributed by atoms with Gasteiger partial charge in [0.25, 0.3) is 15.9 Å². The van der Waals surface area contributed by atoms with Crippen molar-refractivity contribution in [3.8, 4) is 0 Å². The van der Waals surface area contributed by atoms with Gasteiger partial charge in [-0.05, 0) is 35.1 Å². The second-order valence-corrected chi connectivity index (χ2v) is 9.89. The van der Waals surface area contributed by atoms with Crippen LogP contribution in [0.25, 0.3) is 0 Å². The Bertz CT molecular complexity index is 1050. The predicted molar refractivity (Wildman–Crippen MR) is 119 cm³/mol. The molecule has 0 bridgehead atoms. The van der Waals surface area contributed by atoms with E-state index in [9.17, 15) is 18.0 Å². The van der Waals surface area contributed by atoms with Crippen molar-refractivity contribution in [2.24, 2.45) is 0 Å². The highest BCUT2D eigenvalue weighted by Gasteiger charge is 2.23.